The van der Waals surface area contributed by atoms with Crippen LogP contribution in [0, 0.1) is 36.1 Å². The summed E-state index contributed by atoms with van der Waals surface area (Å²) < 4.78 is 17.9. The summed E-state index contributed by atoms with van der Waals surface area (Å²) in [6.07, 6.45) is 0. The molecule has 0 aliphatic heterocycles. The van der Waals surface area contributed by atoms with Gasteiger partial charge in [0, 0.05) is 36.1 Å². The Hall–Kier alpha value is -0.646. The molecule has 1 aromatic carbocycles. The summed E-state index contributed by atoms with van der Waals surface area (Å²) in [7, 11) is 6.52. The van der Waals surface area contributed by atoms with E-state index in [0.29, 0.717) is 19.8 Å². The van der Waals surface area contributed by atoms with Crippen molar-refractivity contribution in [3.8, 4) is 5.75 Å². The van der Waals surface area contributed by atoms with E-state index in [1.807, 2.05) is 12.1 Å². The Labute approximate surface area is 192 Å². The molecule has 5 nitrogen and oxygen atoms in total. The molecule has 0 aliphatic rings. The maximum atomic E-state index is 5.83. The summed E-state index contributed by atoms with van der Waals surface area (Å²) in [6, 6.07) is 8.16. The Morgan fingerprint density at radius 2 is 1.34 bits per heavy atom. The standard InChI is InChI=1S/C20H36N2O3.3CH3.Ni/c1-6-23-15-11-21(12-16-24-18-14-22(3,4)5)13-17-25-20-9-7-19(2)8-10-20;;;;/h7-10H,1,6,11-18H2,2-5H3;3*1H3;/q;3*-1;. The molecule has 0 N–H and O–H groups in total. The molecule has 178 valence electrons. The summed E-state index contributed by atoms with van der Waals surface area (Å²) in [5.41, 5.74) is 1.24. The van der Waals surface area contributed by atoms with Crippen LogP contribution in [0.25, 0.3) is 0 Å². The van der Waals surface area contributed by atoms with Crippen LogP contribution in [-0.4, -0.2) is 89.7 Å². The number of quaternary nitrogens is 1. The summed E-state index contributed by atoms with van der Waals surface area (Å²) in [5, 5.41) is 0. The molecule has 6 heteroatoms. The smallest absolute Gasteiger partial charge is 0.119 e. The molecule has 0 heterocycles. The molecule has 0 unspecified atom stereocenters. The minimum absolute atomic E-state index is 0. The van der Waals surface area contributed by atoms with Crippen LogP contribution in [-0.2, 0) is 26.0 Å². The first-order chi connectivity index (χ1) is 11.9. The van der Waals surface area contributed by atoms with Gasteiger partial charge in [-0.3, -0.25) is 4.90 Å². The minimum Gasteiger partial charge on any atom is -0.492 e. The molecule has 0 aromatic heterocycles. The van der Waals surface area contributed by atoms with E-state index in [1.165, 1.54) is 5.56 Å². The molecule has 0 bridgehead atoms. The average Bonchev–Trinajstić information content (AvgIpc) is 2.55. The van der Waals surface area contributed by atoms with Crippen molar-refractivity contribution < 1.29 is 35.2 Å². The number of hydrogen-bond acceptors (Lipinski definition) is 4. The minimum atomic E-state index is 0. The van der Waals surface area contributed by atoms with Crippen molar-refractivity contribution in [2.24, 2.45) is 0 Å². The van der Waals surface area contributed by atoms with Crippen molar-refractivity contribution in [2.75, 3.05) is 80.4 Å². The predicted molar refractivity (Wildman–Crippen MR) is 122 cm³/mol. The van der Waals surface area contributed by atoms with Crippen LogP contribution in [0.2, 0.25) is 0 Å². The molecular formula is C23H45N2NiO3-3. The van der Waals surface area contributed by atoms with Gasteiger partial charge in [-0.2, -0.15) is 0 Å². The first-order valence-electron chi connectivity index (χ1n) is 9.08. The van der Waals surface area contributed by atoms with Crippen molar-refractivity contribution in [3.05, 3.63) is 59.0 Å². The Morgan fingerprint density at radius 1 is 0.828 bits per heavy atom. The fourth-order valence-corrected chi connectivity index (χ4v) is 2.19. The molecule has 0 atom stereocenters. The normalized spacial score (nSPS) is 10.3. The van der Waals surface area contributed by atoms with Gasteiger partial charge in [-0.05, 0) is 19.1 Å². The summed E-state index contributed by atoms with van der Waals surface area (Å²) in [5.74, 6) is 0.916. The topological polar surface area (TPSA) is 30.9 Å². The van der Waals surface area contributed by atoms with E-state index in [0.717, 1.165) is 49.6 Å². The van der Waals surface area contributed by atoms with Gasteiger partial charge in [0.1, 0.15) is 18.9 Å². The summed E-state index contributed by atoms with van der Waals surface area (Å²) in [4.78, 5) is 2.32. The third-order valence-electron chi connectivity index (χ3n) is 3.85. The SMILES string of the molecule is [CH2-]COCCN(CCOCC[N+](C)(C)C)CCOc1ccc(C)cc1.[CH3-].[CH3-].[CH3-].[Ni]. The molecule has 0 fully saturated rings. The Balaban J connectivity index is -0.000000781. The van der Waals surface area contributed by atoms with E-state index in [2.05, 4.69) is 52.0 Å². The number of nitrogens with zero attached hydrogens (tertiary/aromatic N) is 2. The second kappa shape index (κ2) is 20.6. The third kappa shape index (κ3) is 20.4. The number of ether oxygens (including phenoxy) is 3. The van der Waals surface area contributed by atoms with Crippen LogP contribution < -0.4 is 4.74 Å². The monoisotopic (exact) mass is 455 g/mol. The van der Waals surface area contributed by atoms with Crippen LogP contribution in [0.15, 0.2) is 24.3 Å². The predicted octanol–water partition coefficient (Wildman–Crippen LogP) is 3.60. The zero-order chi connectivity index (χ0) is 18.5. The van der Waals surface area contributed by atoms with Crippen LogP contribution >= 0.6 is 0 Å². The van der Waals surface area contributed by atoms with Crippen LogP contribution in [0.3, 0.4) is 0 Å². The van der Waals surface area contributed by atoms with Gasteiger partial charge in [0.2, 0.25) is 0 Å². The second-order valence-corrected chi connectivity index (χ2v) is 7.24. The Kier molecular flexibility index (Phi) is 25.4. The molecule has 29 heavy (non-hydrogen) atoms. The largest absolute Gasteiger partial charge is 0.492 e. The van der Waals surface area contributed by atoms with Crippen molar-refractivity contribution in [1.82, 2.24) is 4.90 Å². The van der Waals surface area contributed by atoms with Gasteiger partial charge < -0.3 is 47.9 Å². The van der Waals surface area contributed by atoms with Crippen LogP contribution in [0.4, 0.5) is 0 Å². The van der Waals surface area contributed by atoms with E-state index in [4.69, 9.17) is 14.2 Å². The van der Waals surface area contributed by atoms with E-state index >= 15 is 0 Å². The van der Waals surface area contributed by atoms with Gasteiger partial charge in [0.15, 0.2) is 0 Å². The maximum Gasteiger partial charge on any atom is 0.119 e. The summed E-state index contributed by atoms with van der Waals surface area (Å²) in [6.45, 7) is 12.8. The van der Waals surface area contributed by atoms with Gasteiger partial charge >= 0.3 is 0 Å². The van der Waals surface area contributed by atoms with Crippen molar-refractivity contribution in [3.63, 3.8) is 0 Å². The van der Waals surface area contributed by atoms with E-state index in [9.17, 15) is 0 Å². The van der Waals surface area contributed by atoms with Gasteiger partial charge in [-0.15, -0.1) is 0 Å². The molecule has 0 aliphatic carbocycles. The number of likely N-dealkylation sites (N-methyl/N-ethyl adjacent to an activating group) is 1. The van der Waals surface area contributed by atoms with E-state index < -0.39 is 0 Å². The van der Waals surface area contributed by atoms with Gasteiger partial charge in [-0.25, -0.2) is 0 Å². The molecule has 1 rings (SSSR count). The van der Waals surface area contributed by atoms with Crippen molar-refractivity contribution in [1.29, 1.82) is 0 Å². The number of benzene rings is 1. The number of hydrogen-bond donors (Lipinski definition) is 0. The zero-order valence-corrected chi connectivity index (χ0v) is 20.8. The average molecular weight is 456 g/mol. The van der Waals surface area contributed by atoms with Crippen molar-refractivity contribution in [2.45, 2.75) is 6.92 Å². The Bertz CT molecular complexity index is 450. The third-order valence-corrected chi connectivity index (χ3v) is 3.85. The van der Waals surface area contributed by atoms with Crippen LogP contribution in [0.5, 0.6) is 5.75 Å². The van der Waals surface area contributed by atoms with Crippen molar-refractivity contribution >= 4 is 0 Å². The van der Waals surface area contributed by atoms with Gasteiger partial charge in [0.25, 0.3) is 0 Å². The molecule has 0 spiro atoms. The fraction of sp³-hybridized carbons (Fsp3) is 0.565. The first kappa shape index (κ1) is 35.8. The Morgan fingerprint density at radius 3 is 1.86 bits per heavy atom. The first-order valence-corrected chi connectivity index (χ1v) is 9.08. The quantitative estimate of drug-likeness (QED) is 0.185. The number of rotatable bonds is 14. The molecule has 0 radical (unpaired) electrons. The zero-order valence-electron chi connectivity index (χ0n) is 19.8. The van der Waals surface area contributed by atoms with Gasteiger partial charge in [-0.1, -0.05) is 24.3 Å². The molecule has 0 saturated heterocycles. The van der Waals surface area contributed by atoms with Gasteiger partial charge in [0.05, 0.1) is 41.0 Å². The van der Waals surface area contributed by atoms with E-state index in [1.54, 1.807) is 0 Å². The maximum absolute atomic E-state index is 5.83. The molecule has 1 aromatic rings. The van der Waals surface area contributed by atoms with E-state index in [-0.39, 0.29) is 38.8 Å². The molecule has 0 saturated carbocycles. The second-order valence-electron chi connectivity index (χ2n) is 7.24. The molecule has 0 amide bonds. The molecular weight excluding hydrogens is 411 g/mol. The fourth-order valence-electron chi connectivity index (χ4n) is 2.19. The number of aryl methyl sites for hydroxylation is 1. The van der Waals surface area contributed by atoms with Crippen LogP contribution in [0.1, 0.15) is 5.56 Å². The summed E-state index contributed by atoms with van der Waals surface area (Å²) >= 11 is 0.